The molecule has 0 aliphatic heterocycles. The second-order valence-corrected chi connectivity index (χ2v) is 5.51. The molecule has 0 bridgehead atoms. The highest BCUT2D eigenvalue weighted by atomic mass is 79.9. The lowest BCUT2D eigenvalue weighted by Gasteiger charge is -2.11. The smallest absolute Gasteiger partial charge is 0.259 e. The number of aryl methyl sites for hydroxylation is 2. The van der Waals surface area contributed by atoms with Gasteiger partial charge in [-0.25, -0.2) is 0 Å². The molecule has 0 aliphatic carbocycles. The molecular formula is C15H16BrN3O. The van der Waals surface area contributed by atoms with Crippen LogP contribution in [0.25, 0.3) is 0 Å². The van der Waals surface area contributed by atoms with E-state index in [0.29, 0.717) is 5.56 Å². The molecule has 0 aliphatic rings. The predicted molar refractivity (Wildman–Crippen MR) is 85.4 cm³/mol. The van der Waals surface area contributed by atoms with Crippen LogP contribution in [0.4, 0.5) is 11.4 Å². The Kier molecular flexibility index (Phi) is 4.39. The minimum Gasteiger partial charge on any atom is -0.387 e. The van der Waals surface area contributed by atoms with E-state index in [-0.39, 0.29) is 5.91 Å². The summed E-state index contributed by atoms with van der Waals surface area (Å²) >= 11 is 3.42. The van der Waals surface area contributed by atoms with Gasteiger partial charge in [0.05, 0.1) is 11.3 Å². The zero-order valence-electron chi connectivity index (χ0n) is 11.6. The topological polar surface area (TPSA) is 54.0 Å². The molecule has 5 heteroatoms. The molecule has 0 radical (unpaired) electrons. The van der Waals surface area contributed by atoms with Gasteiger partial charge in [0.15, 0.2) is 0 Å². The SMILES string of the molecule is CNc1cc(C)ncc1C(=O)Nc1cc(C)cc(Br)c1. The highest BCUT2D eigenvalue weighted by molar-refractivity contribution is 9.10. The molecule has 0 saturated heterocycles. The zero-order valence-corrected chi connectivity index (χ0v) is 13.2. The molecule has 1 amide bonds. The number of rotatable bonds is 3. The maximum Gasteiger partial charge on any atom is 0.259 e. The van der Waals surface area contributed by atoms with E-state index < -0.39 is 0 Å². The first-order valence-corrected chi connectivity index (χ1v) is 7.02. The monoisotopic (exact) mass is 333 g/mol. The lowest BCUT2D eigenvalue weighted by molar-refractivity contribution is 0.102. The number of benzene rings is 1. The lowest BCUT2D eigenvalue weighted by atomic mass is 10.1. The second-order valence-electron chi connectivity index (χ2n) is 4.59. The van der Waals surface area contributed by atoms with Crippen molar-refractivity contribution in [2.75, 3.05) is 17.7 Å². The molecule has 0 fully saturated rings. The van der Waals surface area contributed by atoms with E-state index in [0.717, 1.165) is 27.1 Å². The van der Waals surface area contributed by atoms with Crippen LogP contribution in [0.3, 0.4) is 0 Å². The third kappa shape index (κ3) is 3.36. The fraction of sp³-hybridized carbons (Fsp3) is 0.200. The molecule has 0 unspecified atom stereocenters. The van der Waals surface area contributed by atoms with Crippen molar-refractivity contribution in [2.45, 2.75) is 13.8 Å². The number of nitrogens with one attached hydrogen (secondary N) is 2. The summed E-state index contributed by atoms with van der Waals surface area (Å²) in [4.78, 5) is 16.5. The Morgan fingerprint density at radius 1 is 1.20 bits per heavy atom. The van der Waals surface area contributed by atoms with Crippen LogP contribution < -0.4 is 10.6 Å². The van der Waals surface area contributed by atoms with E-state index in [1.54, 1.807) is 13.2 Å². The Bertz CT molecular complexity index is 635. The van der Waals surface area contributed by atoms with E-state index in [9.17, 15) is 4.79 Å². The number of carbonyl (C=O) groups is 1. The maximum atomic E-state index is 12.3. The quantitative estimate of drug-likeness (QED) is 0.899. The standard InChI is InChI=1S/C15H16BrN3O/c1-9-4-11(16)7-12(5-9)19-15(20)13-8-18-10(2)6-14(13)17-3/h4-8H,1-3H3,(H,17,18)(H,19,20). The first-order valence-electron chi connectivity index (χ1n) is 6.22. The summed E-state index contributed by atoms with van der Waals surface area (Å²) in [5.41, 5.74) is 3.98. The Balaban J connectivity index is 2.28. The van der Waals surface area contributed by atoms with Crippen LogP contribution in [0.15, 0.2) is 34.9 Å². The third-order valence-electron chi connectivity index (χ3n) is 2.85. The summed E-state index contributed by atoms with van der Waals surface area (Å²) in [6, 6.07) is 7.62. The first kappa shape index (κ1) is 14.5. The van der Waals surface area contributed by atoms with Crippen LogP contribution >= 0.6 is 15.9 Å². The van der Waals surface area contributed by atoms with Crippen molar-refractivity contribution in [2.24, 2.45) is 0 Å². The molecule has 1 aromatic heterocycles. The summed E-state index contributed by atoms with van der Waals surface area (Å²) in [5, 5.41) is 5.90. The fourth-order valence-corrected chi connectivity index (χ4v) is 2.56. The Labute approximate surface area is 126 Å². The number of aromatic nitrogens is 1. The average molecular weight is 334 g/mol. The number of amides is 1. The van der Waals surface area contributed by atoms with Gasteiger partial charge in [0.1, 0.15) is 0 Å². The van der Waals surface area contributed by atoms with Gasteiger partial charge in [-0.3, -0.25) is 9.78 Å². The van der Waals surface area contributed by atoms with Gasteiger partial charge in [-0.15, -0.1) is 0 Å². The Morgan fingerprint density at radius 3 is 2.60 bits per heavy atom. The summed E-state index contributed by atoms with van der Waals surface area (Å²) in [5.74, 6) is -0.181. The molecule has 2 aromatic rings. The predicted octanol–water partition coefficient (Wildman–Crippen LogP) is 3.75. The molecule has 2 N–H and O–H groups in total. The number of hydrogen-bond donors (Lipinski definition) is 2. The van der Waals surface area contributed by atoms with Crippen LogP contribution in [-0.4, -0.2) is 17.9 Å². The number of halogens is 1. The van der Waals surface area contributed by atoms with Gasteiger partial charge in [0.25, 0.3) is 5.91 Å². The van der Waals surface area contributed by atoms with Gasteiger partial charge in [0.2, 0.25) is 0 Å². The minimum atomic E-state index is -0.181. The van der Waals surface area contributed by atoms with Gasteiger partial charge in [-0.1, -0.05) is 15.9 Å². The van der Waals surface area contributed by atoms with Crippen molar-refractivity contribution in [3.63, 3.8) is 0 Å². The maximum absolute atomic E-state index is 12.3. The molecule has 4 nitrogen and oxygen atoms in total. The molecular weight excluding hydrogens is 318 g/mol. The fourth-order valence-electron chi connectivity index (χ4n) is 1.95. The summed E-state index contributed by atoms with van der Waals surface area (Å²) in [7, 11) is 1.79. The van der Waals surface area contributed by atoms with Crippen LogP contribution in [-0.2, 0) is 0 Å². The van der Waals surface area contributed by atoms with Crippen molar-refractivity contribution < 1.29 is 4.79 Å². The van der Waals surface area contributed by atoms with Crippen LogP contribution in [0.1, 0.15) is 21.6 Å². The average Bonchev–Trinajstić information content (AvgIpc) is 2.37. The third-order valence-corrected chi connectivity index (χ3v) is 3.31. The summed E-state index contributed by atoms with van der Waals surface area (Å²) in [6.07, 6.45) is 1.58. The van der Waals surface area contributed by atoms with Crippen LogP contribution in [0, 0.1) is 13.8 Å². The van der Waals surface area contributed by atoms with Crippen LogP contribution in [0.2, 0.25) is 0 Å². The molecule has 1 heterocycles. The molecule has 0 atom stereocenters. The lowest BCUT2D eigenvalue weighted by Crippen LogP contribution is -2.14. The minimum absolute atomic E-state index is 0.181. The highest BCUT2D eigenvalue weighted by Gasteiger charge is 2.12. The van der Waals surface area contributed by atoms with Gasteiger partial charge in [0, 0.05) is 29.1 Å². The molecule has 0 saturated carbocycles. The number of nitrogens with zero attached hydrogens (tertiary/aromatic N) is 1. The van der Waals surface area contributed by atoms with Gasteiger partial charge in [-0.2, -0.15) is 0 Å². The number of carbonyl (C=O) groups excluding carboxylic acids is 1. The number of hydrogen-bond acceptors (Lipinski definition) is 3. The van der Waals surface area contributed by atoms with Crippen molar-refractivity contribution in [1.29, 1.82) is 0 Å². The Hall–Kier alpha value is -1.88. The van der Waals surface area contributed by atoms with Gasteiger partial charge in [-0.05, 0) is 43.7 Å². The molecule has 2 rings (SSSR count). The summed E-state index contributed by atoms with van der Waals surface area (Å²) in [6.45, 7) is 3.87. The zero-order chi connectivity index (χ0) is 14.7. The highest BCUT2D eigenvalue weighted by Crippen LogP contribution is 2.21. The molecule has 1 aromatic carbocycles. The molecule has 0 spiro atoms. The van der Waals surface area contributed by atoms with Crippen molar-refractivity contribution in [3.05, 3.63) is 51.8 Å². The van der Waals surface area contributed by atoms with Gasteiger partial charge >= 0.3 is 0 Å². The number of pyridine rings is 1. The van der Waals surface area contributed by atoms with Crippen molar-refractivity contribution in [3.8, 4) is 0 Å². The normalized spacial score (nSPS) is 10.2. The van der Waals surface area contributed by atoms with E-state index in [1.165, 1.54) is 0 Å². The van der Waals surface area contributed by atoms with E-state index in [4.69, 9.17) is 0 Å². The van der Waals surface area contributed by atoms with E-state index in [1.807, 2.05) is 38.1 Å². The van der Waals surface area contributed by atoms with E-state index >= 15 is 0 Å². The Morgan fingerprint density at radius 2 is 1.95 bits per heavy atom. The van der Waals surface area contributed by atoms with E-state index in [2.05, 4.69) is 31.5 Å². The van der Waals surface area contributed by atoms with Crippen LogP contribution in [0.5, 0.6) is 0 Å². The molecule has 104 valence electrons. The largest absolute Gasteiger partial charge is 0.387 e. The van der Waals surface area contributed by atoms with Crippen molar-refractivity contribution in [1.82, 2.24) is 4.98 Å². The molecule has 20 heavy (non-hydrogen) atoms. The number of anilines is 2. The summed E-state index contributed by atoms with van der Waals surface area (Å²) < 4.78 is 0.934. The second kappa shape index (κ2) is 6.05. The van der Waals surface area contributed by atoms with Crippen molar-refractivity contribution >= 4 is 33.2 Å². The van der Waals surface area contributed by atoms with Gasteiger partial charge < -0.3 is 10.6 Å². The first-order chi connectivity index (χ1) is 9.49.